The summed E-state index contributed by atoms with van der Waals surface area (Å²) in [4.78, 5) is 38.0. The first kappa shape index (κ1) is 60.4. The van der Waals surface area contributed by atoms with Crippen molar-refractivity contribution < 1.29 is 28.6 Å². The van der Waals surface area contributed by atoms with Gasteiger partial charge in [-0.25, -0.2) is 0 Å². The summed E-state index contributed by atoms with van der Waals surface area (Å²) in [6, 6.07) is 0. The Kier molecular flexibility index (Phi) is 49.1. The molecule has 0 spiro atoms. The van der Waals surface area contributed by atoms with Crippen LogP contribution in [0.1, 0.15) is 317 Å². The Morgan fingerprint density at radius 1 is 0.306 bits per heavy atom. The molecule has 0 aromatic heterocycles. The third-order valence-corrected chi connectivity index (χ3v) is 12.8. The van der Waals surface area contributed by atoms with Crippen molar-refractivity contribution >= 4 is 17.9 Å². The van der Waals surface area contributed by atoms with E-state index in [4.69, 9.17) is 14.2 Å². The highest BCUT2D eigenvalue weighted by Crippen LogP contribution is 2.18. The van der Waals surface area contributed by atoms with Crippen molar-refractivity contribution in [1.29, 1.82) is 0 Å². The summed E-state index contributed by atoms with van der Waals surface area (Å²) in [6.07, 6.45) is 53.7. The lowest BCUT2D eigenvalue weighted by atomic mass is 10.0. The van der Waals surface area contributed by atoms with Crippen LogP contribution < -0.4 is 0 Å². The van der Waals surface area contributed by atoms with Crippen LogP contribution in [0.4, 0.5) is 0 Å². The van der Waals surface area contributed by atoms with Crippen LogP contribution in [0, 0.1) is 5.92 Å². The van der Waals surface area contributed by atoms with Crippen LogP contribution in [0.3, 0.4) is 0 Å². The van der Waals surface area contributed by atoms with Crippen LogP contribution in [0.2, 0.25) is 0 Å². The molecule has 0 aliphatic heterocycles. The number of unbranched alkanes of at least 4 members (excludes halogenated alkanes) is 38. The predicted octanol–water partition coefficient (Wildman–Crippen LogP) is 18.2. The minimum absolute atomic E-state index is 0.0621. The van der Waals surface area contributed by atoms with E-state index in [1.165, 1.54) is 212 Å². The second-order valence-electron chi connectivity index (χ2n) is 19.7. The van der Waals surface area contributed by atoms with Crippen LogP contribution in [-0.2, 0) is 28.6 Å². The Balaban J connectivity index is 4.27. The normalized spacial score (nSPS) is 12.0. The molecule has 0 heterocycles. The molecule has 62 heavy (non-hydrogen) atoms. The van der Waals surface area contributed by atoms with Crippen molar-refractivity contribution in [2.75, 3.05) is 13.2 Å². The van der Waals surface area contributed by atoms with E-state index in [0.717, 1.165) is 63.7 Å². The van der Waals surface area contributed by atoms with Gasteiger partial charge in [0.05, 0.1) is 0 Å². The maximum atomic E-state index is 12.8. The van der Waals surface area contributed by atoms with Crippen LogP contribution in [0.15, 0.2) is 0 Å². The van der Waals surface area contributed by atoms with Crippen molar-refractivity contribution in [1.82, 2.24) is 0 Å². The van der Waals surface area contributed by atoms with E-state index in [-0.39, 0.29) is 31.1 Å². The summed E-state index contributed by atoms with van der Waals surface area (Å²) in [5, 5.41) is 0. The summed E-state index contributed by atoms with van der Waals surface area (Å²) in [5.41, 5.74) is 0. The Hall–Kier alpha value is -1.59. The highest BCUT2D eigenvalue weighted by atomic mass is 16.6. The van der Waals surface area contributed by atoms with Crippen LogP contribution >= 0.6 is 0 Å². The SMILES string of the molecule is CCCCCCCCCCCCCCCCCCCC(=O)OC[C@@H](COC(=O)CCCCCCCCCCCCC)OC(=O)CCCCCCCCCCCCCCCC(C)C. The van der Waals surface area contributed by atoms with Gasteiger partial charge in [0.15, 0.2) is 6.10 Å². The highest BCUT2D eigenvalue weighted by molar-refractivity contribution is 5.71. The Morgan fingerprint density at radius 2 is 0.532 bits per heavy atom. The predicted molar refractivity (Wildman–Crippen MR) is 266 cm³/mol. The number of rotatable bonds is 51. The molecule has 0 N–H and O–H groups in total. The fourth-order valence-corrected chi connectivity index (χ4v) is 8.57. The molecule has 0 saturated heterocycles. The van der Waals surface area contributed by atoms with Gasteiger partial charge in [0.1, 0.15) is 13.2 Å². The fourth-order valence-electron chi connectivity index (χ4n) is 8.57. The van der Waals surface area contributed by atoms with Crippen molar-refractivity contribution in [3.63, 3.8) is 0 Å². The van der Waals surface area contributed by atoms with Crippen LogP contribution in [-0.4, -0.2) is 37.2 Å². The summed E-state index contributed by atoms with van der Waals surface area (Å²) in [6.45, 7) is 9.05. The van der Waals surface area contributed by atoms with E-state index in [2.05, 4.69) is 27.7 Å². The minimum Gasteiger partial charge on any atom is -0.462 e. The van der Waals surface area contributed by atoms with Gasteiger partial charge in [-0.05, 0) is 25.2 Å². The lowest BCUT2D eigenvalue weighted by Crippen LogP contribution is -2.30. The summed E-state index contributed by atoms with van der Waals surface area (Å²) < 4.78 is 16.9. The number of hydrogen-bond donors (Lipinski definition) is 0. The van der Waals surface area contributed by atoms with E-state index in [1.54, 1.807) is 0 Å². The molecule has 6 nitrogen and oxygen atoms in total. The maximum absolute atomic E-state index is 12.8. The summed E-state index contributed by atoms with van der Waals surface area (Å²) >= 11 is 0. The molecule has 0 amide bonds. The largest absolute Gasteiger partial charge is 0.462 e. The van der Waals surface area contributed by atoms with E-state index >= 15 is 0 Å². The standard InChI is InChI=1S/C56H108O6/c1-5-7-9-11-13-15-17-18-19-20-21-24-28-32-36-40-44-48-55(58)61-51-53(50-60-54(57)47-43-39-35-31-26-16-14-12-10-8-6-2)62-56(59)49-45-41-37-33-29-25-22-23-27-30-34-38-42-46-52(3)4/h52-53H,5-51H2,1-4H3/t53-/m1/s1. The molecule has 368 valence electrons. The van der Waals surface area contributed by atoms with E-state index in [0.29, 0.717) is 19.3 Å². The molecule has 1 atom stereocenters. The van der Waals surface area contributed by atoms with E-state index < -0.39 is 6.10 Å². The molecule has 0 aliphatic rings. The minimum atomic E-state index is -0.761. The van der Waals surface area contributed by atoms with Gasteiger partial charge in [-0.1, -0.05) is 278 Å². The van der Waals surface area contributed by atoms with Gasteiger partial charge in [0.25, 0.3) is 0 Å². The third-order valence-electron chi connectivity index (χ3n) is 12.8. The highest BCUT2D eigenvalue weighted by Gasteiger charge is 2.19. The molecule has 0 aliphatic carbocycles. The smallest absolute Gasteiger partial charge is 0.306 e. The van der Waals surface area contributed by atoms with Gasteiger partial charge >= 0.3 is 17.9 Å². The zero-order chi connectivity index (χ0) is 45.2. The molecular formula is C56H108O6. The first-order valence-corrected chi connectivity index (χ1v) is 27.9. The average Bonchev–Trinajstić information content (AvgIpc) is 3.26. The fraction of sp³-hybridized carbons (Fsp3) is 0.946. The molecule has 0 radical (unpaired) electrons. The van der Waals surface area contributed by atoms with Crippen molar-refractivity contribution in [2.45, 2.75) is 323 Å². The van der Waals surface area contributed by atoms with E-state index in [9.17, 15) is 14.4 Å². The zero-order valence-electron chi connectivity index (χ0n) is 42.3. The molecule has 0 aromatic carbocycles. The average molecular weight is 877 g/mol. The van der Waals surface area contributed by atoms with Crippen molar-refractivity contribution in [2.24, 2.45) is 5.92 Å². The Bertz CT molecular complexity index is 933. The number of esters is 3. The van der Waals surface area contributed by atoms with Gasteiger partial charge in [-0.2, -0.15) is 0 Å². The van der Waals surface area contributed by atoms with Gasteiger partial charge in [-0.15, -0.1) is 0 Å². The van der Waals surface area contributed by atoms with Crippen molar-refractivity contribution in [3.05, 3.63) is 0 Å². The lowest BCUT2D eigenvalue weighted by Gasteiger charge is -2.18. The van der Waals surface area contributed by atoms with E-state index in [1.807, 2.05) is 0 Å². The maximum Gasteiger partial charge on any atom is 0.306 e. The second-order valence-corrected chi connectivity index (χ2v) is 19.7. The van der Waals surface area contributed by atoms with Crippen molar-refractivity contribution in [3.8, 4) is 0 Å². The zero-order valence-corrected chi connectivity index (χ0v) is 42.3. The van der Waals surface area contributed by atoms with Crippen LogP contribution in [0.25, 0.3) is 0 Å². The monoisotopic (exact) mass is 877 g/mol. The molecule has 0 bridgehead atoms. The topological polar surface area (TPSA) is 78.9 Å². The number of carbonyl (C=O) groups is 3. The Morgan fingerprint density at radius 3 is 0.790 bits per heavy atom. The summed E-state index contributed by atoms with van der Waals surface area (Å²) in [7, 11) is 0. The van der Waals surface area contributed by atoms with Gasteiger partial charge in [0.2, 0.25) is 0 Å². The Labute approximate surface area is 387 Å². The number of ether oxygens (including phenoxy) is 3. The molecule has 0 saturated carbocycles. The second kappa shape index (κ2) is 50.4. The third kappa shape index (κ3) is 49.4. The van der Waals surface area contributed by atoms with Crippen LogP contribution in [0.5, 0.6) is 0 Å². The number of carbonyl (C=O) groups excluding carboxylic acids is 3. The molecule has 6 heteroatoms. The summed E-state index contributed by atoms with van der Waals surface area (Å²) in [5.74, 6) is -0.000837. The number of hydrogen-bond acceptors (Lipinski definition) is 6. The quantitative estimate of drug-likeness (QED) is 0.0344. The molecule has 0 unspecified atom stereocenters. The first-order chi connectivity index (χ1) is 30.4. The molecule has 0 fully saturated rings. The first-order valence-electron chi connectivity index (χ1n) is 27.9. The molecular weight excluding hydrogens is 769 g/mol. The van der Waals surface area contributed by atoms with Gasteiger partial charge in [-0.3, -0.25) is 14.4 Å². The lowest BCUT2D eigenvalue weighted by molar-refractivity contribution is -0.167. The molecule has 0 rings (SSSR count). The van der Waals surface area contributed by atoms with Gasteiger partial charge < -0.3 is 14.2 Å². The molecule has 0 aromatic rings. The van der Waals surface area contributed by atoms with Gasteiger partial charge in [0, 0.05) is 19.3 Å².